The van der Waals surface area contributed by atoms with Crippen LogP contribution in [0.2, 0.25) is 0 Å². The first-order chi connectivity index (χ1) is 6.77. The van der Waals surface area contributed by atoms with Gasteiger partial charge in [-0.3, -0.25) is 4.79 Å². The molecule has 0 N–H and O–H groups in total. The molecule has 0 aromatic heterocycles. The molecule has 0 amide bonds. The maximum absolute atomic E-state index is 11.2. The van der Waals surface area contributed by atoms with Gasteiger partial charge in [-0.2, -0.15) is 0 Å². The van der Waals surface area contributed by atoms with Crippen LogP contribution < -0.4 is 0 Å². The normalized spacial score (nSPS) is 27.1. The van der Waals surface area contributed by atoms with Crippen molar-refractivity contribution in [1.82, 2.24) is 0 Å². The van der Waals surface area contributed by atoms with E-state index in [2.05, 4.69) is 19.1 Å². The fraction of sp³-hybridized carbons (Fsp3) is 0.417. The van der Waals surface area contributed by atoms with Crippen LogP contribution in [0.5, 0.6) is 0 Å². The smallest absolute Gasteiger partial charge is 0.306 e. The summed E-state index contributed by atoms with van der Waals surface area (Å²) in [5, 5.41) is 0. The lowest BCUT2D eigenvalue weighted by molar-refractivity contribution is -0.150. The average Bonchev–Trinajstić information content (AvgIpc) is 2.23. The van der Waals surface area contributed by atoms with Crippen molar-refractivity contribution in [3.63, 3.8) is 0 Å². The second-order valence-corrected chi connectivity index (χ2v) is 3.88. The molecule has 0 radical (unpaired) electrons. The van der Waals surface area contributed by atoms with Crippen molar-refractivity contribution < 1.29 is 9.53 Å². The highest BCUT2D eigenvalue weighted by Crippen LogP contribution is 2.31. The summed E-state index contributed by atoms with van der Waals surface area (Å²) in [4.78, 5) is 11.2. The molecule has 0 aliphatic carbocycles. The maximum atomic E-state index is 11.2. The Balaban J connectivity index is 2.20. The third kappa shape index (κ3) is 1.79. The number of esters is 1. The number of hydrogen-bond donors (Lipinski definition) is 0. The van der Waals surface area contributed by atoms with E-state index in [0.29, 0.717) is 24.9 Å². The van der Waals surface area contributed by atoms with Crippen LogP contribution in [0.25, 0.3) is 0 Å². The lowest BCUT2D eigenvalue weighted by Crippen LogP contribution is -2.27. The zero-order valence-corrected chi connectivity index (χ0v) is 8.27. The van der Waals surface area contributed by atoms with Gasteiger partial charge in [0.2, 0.25) is 0 Å². The molecule has 1 aromatic carbocycles. The van der Waals surface area contributed by atoms with Gasteiger partial charge in [-0.05, 0) is 11.5 Å². The van der Waals surface area contributed by atoms with E-state index < -0.39 is 0 Å². The molecule has 2 nitrogen and oxygen atoms in total. The van der Waals surface area contributed by atoms with Crippen LogP contribution in [0.15, 0.2) is 30.3 Å². The van der Waals surface area contributed by atoms with Gasteiger partial charge in [0.1, 0.15) is 0 Å². The minimum Gasteiger partial charge on any atom is -0.465 e. The van der Waals surface area contributed by atoms with Crippen molar-refractivity contribution in [2.24, 2.45) is 5.92 Å². The minimum atomic E-state index is -0.0723. The molecule has 1 aliphatic rings. The fourth-order valence-electron chi connectivity index (χ4n) is 1.93. The molecule has 1 heterocycles. The third-order valence-corrected chi connectivity index (χ3v) is 2.81. The molecule has 1 fully saturated rings. The van der Waals surface area contributed by atoms with E-state index in [-0.39, 0.29) is 5.97 Å². The van der Waals surface area contributed by atoms with Gasteiger partial charge in [0.05, 0.1) is 13.0 Å². The Morgan fingerprint density at radius 3 is 2.71 bits per heavy atom. The largest absolute Gasteiger partial charge is 0.465 e. The summed E-state index contributed by atoms with van der Waals surface area (Å²) in [5.41, 5.74) is 1.25. The van der Waals surface area contributed by atoms with Crippen LogP contribution >= 0.6 is 0 Å². The molecule has 1 aromatic rings. The number of carbonyl (C=O) groups excluding carboxylic acids is 1. The average molecular weight is 190 g/mol. The van der Waals surface area contributed by atoms with E-state index in [1.165, 1.54) is 5.56 Å². The van der Waals surface area contributed by atoms with Crippen LogP contribution in [0.4, 0.5) is 0 Å². The Morgan fingerprint density at radius 1 is 1.29 bits per heavy atom. The lowest BCUT2D eigenvalue weighted by Gasteiger charge is -2.28. The van der Waals surface area contributed by atoms with Crippen molar-refractivity contribution in [3.8, 4) is 0 Å². The molecule has 74 valence electrons. The molecule has 2 rings (SSSR count). The zero-order valence-electron chi connectivity index (χ0n) is 8.27. The number of carbonyl (C=O) groups is 1. The molecule has 1 unspecified atom stereocenters. The zero-order chi connectivity index (χ0) is 9.97. The Hall–Kier alpha value is -1.31. The quantitative estimate of drug-likeness (QED) is 0.635. The molecule has 2 heteroatoms. The Kier molecular flexibility index (Phi) is 2.53. The van der Waals surface area contributed by atoms with Crippen LogP contribution in [-0.2, 0) is 9.53 Å². The van der Waals surface area contributed by atoms with E-state index in [4.69, 9.17) is 4.74 Å². The van der Waals surface area contributed by atoms with Crippen LogP contribution in [0, 0.1) is 5.92 Å². The molecule has 1 saturated heterocycles. The SMILES string of the molecule is CC1COC(=O)C[C@@H]1c1ccccc1. The maximum Gasteiger partial charge on any atom is 0.306 e. The van der Waals surface area contributed by atoms with Crippen molar-refractivity contribution in [1.29, 1.82) is 0 Å². The number of ether oxygens (including phenoxy) is 1. The van der Waals surface area contributed by atoms with E-state index >= 15 is 0 Å². The molecule has 0 spiro atoms. The molecule has 0 bridgehead atoms. The summed E-state index contributed by atoms with van der Waals surface area (Å²) in [6.45, 7) is 2.68. The van der Waals surface area contributed by atoms with Crippen molar-refractivity contribution in [2.75, 3.05) is 6.61 Å². The summed E-state index contributed by atoms with van der Waals surface area (Å²) < 4.78 is 5.00. The Bertz CT molecular complexity index is 318. The number of cyclic esters (lactones) is 1. The molecular weight excluding hydrogens is 176 g/mol. The summed E-state index contributed by atoms with van der Waals surface area (Å²) in [6.07, 6.45) is 0.519. The molecule has 1 aliphatic heterocycles. The van der Waals surface area contributed by atoms with E-state index in [9.17, 15) is 4.79 Å². The second-order valence-electron chi connectivity index (χ2n) is 3.88. The fourth-order valence-corrected chi connectivity index (χ4v) is 1.93. The van der Waals surface area contributed by atoms with Gasteiger partial charge in [-0.25, -0.2) is 0 Å². The highest BCUT2D eigenvalue weighted by Gasteiger charge is 2.28. The third-order valence-electron chi connectivity index (χ3n) is 2.81. The first-order valence-electron chi connectivity index (χ1n) is 4.98. The van der Waals surface area contributed by atoms with E-state index in [1.807, 2.05) is 18.2 Å². The summed E-state index contributed by atoms with van der Waals surface area (Å²) in [7, 11) is 0. The first kappa shape index (κ1) is 9.25. The van der Waals surface area contributed by atoms with Crippen molar-refractivity contribution in [3.05, 3.63) is 35.9 Å². The second kappa shape index (κ2) is 3.82. The molecule has 0 saturated carbocycles. The first-order valence-corrected chi connectivity index (χ1v) is 4.98. The van der Waals surface area contributed by atoms with Gasteiger partial charge >= 0.3 is 5.97 Å². The number of hydrogen-bond acceptors (Lipinski definition) is 2. The highest BCUT2D eigenvalue weighted by molar-refractivity contribution is 5.71. The Morgan fingerprint density at radius 2 is 2.00 bits per heavy atom. The summed E-state index contributed by atoms with van der Waals surface area (Å²) in [5.74, 6) is 0.685. The summed E-state index contributed by atoms with van der Waals surface area (Å²) >= 11 is 0. The highest BCUT2D eigenvalue weighted by atomic mass is 16.5. The van der Waals surface area contributed by atoms with Gasteiger partial charge in [0.15, 0.2) is 0 Å². The Labute approximate surface area is 83.9 Å². The van der Waals surface area contributed by atoms with Crippen molar-refractivity contribution >= 4 is 5.97 Å². The topological polar surface area (TPSA) is 26.3 Å². The number of rotatable bonds is 1. The minimum absolute atomic E-state index is 0.0723. The monoisotopic (exact) mass is 190 g/mol. The lowest BCUT2D eigenvalue weighted by atomic mass is 9.84. The molecular formula is C12H14O2. The molecule has 2 atom stereocenters. The predicted octanol–water partition coefficient (Wildman–Crippen LogP) is 2.35. The van der Waals surface area contributed by atoms with Crippen LogP contribution in [0.1, 0.15) is 24.8 Å². The standard InChI is InChI=1S/C12H14O2/c1-9-8-14-12(13)7-11(9)10-5-3-2-4-6-10/h2-6,9,11H,7-8H2,1H3/t9?,11-/m0/s1. The van der Waals surface area contributed by atoms with Crippen molar-refractivity contribution in [2.45, 2.75) is 19.3 Å². The number of benzene rings is 1. The predicted molar refractivity (Wildman–Crippen MR) is 53.9 cm³/mol. The summed E-state index contributed by atoms with van der Waals surface area (Å²) in [6, 6.07) is 10.2. The van der Waals surface area contributed by atoms with Crippen LogP contribution in [0.3, 0.4) is 0 Å². The van der Waals surface area contributed by atoms with Gasteiger partial charge < -0.3 is 4.74 Å². The van der Waals surface area contributed by atoms with E-state index in [1.54, 1.807) is 0 Å². The van der Waals surface area contributed by atoms with Gasteiger partial charge in [-0.1, -0.05) is 37.3 Å². The van der Waals surface area contributed by atoms with Gasteiger partial charge in [0, 0.05) is 5.92 Å². The van der Waals surface area contributed by atoms with Crippen LogP contribution in [-0.4, -0.2) is 12.6 Å². The van der Waals surface area contributed by atoms with E-state index in [0.717, 1.165) is 0 Å². The van der Waals surface area contributed by atoms with Gasteiger partial charge in [-0.15, -0.1) is 0 Å². The molecule has 14 heavy (non-hydrogen) atoms. The van der Waals surface area contributed by atoms with Gasteiger partial charge in [0.25, 0.3) is 0 Å².